The molecule has 4 nitrogen and oxygen atoms in total. The number of aromatic nitrogens is 1. The van der Waals surface area contributed by atoms with Crippen molar-refractivity contribution in [2.45, 2.75) is 19.2 Å². The van der Waals surface area contributed by atoms with E-state index in [4.69, 9.17) is 4.74 Å². The van der Waals surface area contributed by atoms with Crippen LogP contribution in [-0.4, -0.2) is 23.1 Å². The molecule has 0 N–H and O–H groups in total. The Morgan fingerprint density at radius 1 is 1.32 bits per heavy atom. The number of carbonyl (C=O) groups excluding carboxylic acids is 2. The van der Waals surface area contributed by atoms with Crippen LogP contribution < -0.4 is 0 Å². The fraction of sp³-hybridized carbons (Fsp3) is 0.286. The van der Waals surface area contributed by atoms with Gasteiger partial charge in [-0.05, 0) is 30.7 Å². The van der Waals surface area contributed by atoms with Crippen molar-refractivity contribution < 1.29 is 14.3 Å². The molecule has 0 saturated carbocycles. The second-order valence-electron chi connectivity index (χ2n) is 4.13. The van der Waals surface area contributed by atoms with Crippen LogP contribution in [-0.2, 0) is 10.1 Å². The Morgan fingerprint density at radius 3 is 2.63 bits per heavy atom. The molecule has 0 radical (unpaired) electrons. The van der Waals surface area contributed by atoms with Crippen LogP contribution in [0.1, 0.15) is 34.7 Å². The zero-order valence-electron chi connectivity index (χ0n) is 10.8. The van der Waals surface area contributed by atoms with Gasteiger partial charge in [0.2, 0.25) is 5.91 Å². The van der Waals surface area contributed by atoms with Crippen molar-refractivity contribution in [1.29, 1.82) is 0 Å². The lowest BCUT2D eigenvalue weighted by Crippen LogP contribution is -2.16. The normalized spacial score (nSPS) is 10.7. The minimum absolute atomic E-state index is 0.204. The number of carbonyl (C=O) groups is 2. The van der Waals surface area contributed by atoms with Gasteiger partial charge >= 0.3 is 5.97 Å². The number of ether oxygens (including phenoxy) is 1. The summed E-state index contributed by atoms with van der Waals surface area (Å²) in [7, 11) is 0. The highest BCUT2D eigenvalue weighted by molar-refractivity contribution is 9.08. The Labute approximate surface area is 119 Å². The van der Waals surface area contributed by atoms with Gasteiger partial charge in [0, 0.05) is 17.6 Å². The molecule has 0 aliphatic rings. The molecule has 100 valence electrons. The van der Waals surface area contributed by atoms with E-state index in [1.807, 2.05) is 18.2 Å². The predicted octanol–water partition coefficient (Wildman–Crippen LogP) is 3.37. The Hall–Kier alpha value is -1.62. The molecule has 1 heterocycles. The molecule has 0 atom stereocenters. The first-order valence-electron chi connectivity index (χ1n) is 5.97. The topological polar surface area (TPSA) is 48.3 Å². The van der Waals surface area contributed by atoms with E-state index in [0.29, 0.717) is 0 Å². The van der Waals surface area contributed by atoms with Gasteiger partial charge in [-0.1, -0.05) is 22.0 Å². The smallest absolute Gasteiger partial charge is 0.355 e. The maximum absolute atomic E-state index is 11.9. The molecule has 19 heavy (non-hydrogen) atoms. The van der Waals surface area contributed by atoms with Crippen molar-refractivity contribution in [3.05, 3.63) is 35.5 Å². The summed E-state index contributed by atoms with van der Waals surface area (Å²) in [4.78, 5) is 23.6. The lowest BCUT2D eigenvalue weighted by Gasteiger charge is -2.05. The number of hydrogen-bond donors (Lipinski definition) is 0. The van der Waals surface area contributed by atoms with Gasteiger partial charge in [0.25, 0.3) is 0 Å². The van der Waals surface area contributed by atoms with Crippen LogP contribution in [0.5, 0.6) is 0 Å². The molecule has 0 aliphatic carbocycles. The molecule has 0 bridgehead atoms. The minimum Gasteiger partial charge on any atom is -0.461 e. The van der Waals surface area contributed by atoms with Gasteiger partial charge in [0.1, 0.15) is 5.69 Å². The largest absolute Gasteiger partial charge is 0.461 e. The van der Waals surface area contributed by atoms with Gasteiger partial charge in [0.15, 0.2) is 0 Å². The summed E-state index contributed by atoms with van der Waals surface area (Å²) in [6.07, 6.45) is 0. The van der Waals surface area contributed by atoms with Crippen molar-refractivity contribution in [3.8, 4) is 0 Å². The maximum atomic E-state index is 11.9. The molecule has 0 saturated heterocycles. The van der Waals surface area contributed by atoms with Crippen molar-refractivity contribution in [2.75, 3.05) is 6.61 Å². The third-order valence-electron chi connectivity index (χ3n) is 2.82. The Balaban J connectivity index is 2.65. The van der Waals surface area contributed by atoms with E-state index in [1.54, 1.807) is 13.0 Å². The number of rotatable bonds is 3. The second-order valence-corrected chi connectivity index (χ2v) is 4.69. The van der Waals surface area contributed by atoms with Gasteiger partial charge in [-0.2, -0.15) is 0 Å². The minimum atomic E-state index is -0.478. The van der Waals surface area contributed by atoms with Crippen LogP contribution in [0.3, 0.4) is 0 Å². The van der Waals surface area contributed by atoms with E-state index in [9.17, 15) is 9.59 Å². The van der Waals surface area contributed by atoms with Gasteiger partial charge < -0.3 is 4.74 Å². The number of esters is 1. The standard InChI is InChI=1S/C14H14BrNO3/c1-3-19-14(18)13-7-11-6-10(8-15)4-5-12(11)16(13)9(2)17/h4-7H,3,8H2,1-2H3. The van der Waals surface area contributed by atoms with Crippen molar-refractivity contribution in [3.63, 3.8) is 0 Å². The lowest BCUT2D eigenvalue weighted by molar-refractivity contribution is 0.0510. The van der Waals surface area contributed by atoms with Crippen LogP contribution in [0.4, 0.5) is 0 Å². The summed E-state index contributed by atoms with van der Waals surface area (Å²) in [5, 5.41) is 1.58. The maximum Gasteiger partial charge on any atom is 0.355 e. The zero-order chi connectivity index (χ0) is 14.0. The third-order valence-corrected chi connectivity index (χ3v) is 3.47. The molecule has 0 fully saturated rings. The Kier molecular flexibility index (Phi) is 4.04. The fourth-order valence-electron chi connectivity index (χ4n) is 2.04. The zero-order valence-corrected chi connectivity index (χ0v) is 12.4. The SMILES string of the molecule is CCOC(=O)c1cc2cc(CBr)ccc2n1C(C)=O. The van der Waals surface area contributed by atoms with Crippen LogP contribution in [0.25, 0.3) is 10.9 Å². The second kappa shape index (κ2) is 5.57. The van der Waals surface area contributed by atoms with Gasteiger partial charge in [-0.3, -0.25) is 9.36 Å². The van der Waals surface area contributed by atoms with Crippen LogP contribution >= 0.6 is 15.9 Å². The summed E-state index contributed by atoms with van der Waals surface area (Å²) in [6, 6.07) is 7.41. The Bertz CT molecular complexity index is 645. The van der Waals surface area contributed by atoms with Crippen molar-refractivity contribution >= 4 is 38.7 Å². The summed E-state index contributed by atoms with van der Waals surface area (Å²) in [5.74, 6) is -0.682. The number of alkyl halides is 1. The Morgan fingerprint density at radius 2 is 2.05 bits per heavy atom. The highest BCUT2D eigenvalue weighted by atomic mass is 79.9. The van der Waals surface area contributed by atoms with Crippen molar-refractivity contribution in [1.82, 2.24) is 4.57 Å². The summed E-state index contributed by atoms with van der Waals surface area (Å²) in [6.45, 7) is 3.45. The molecule has 1 aromatic heterocycles. The van der Waals surface area contributed by atoms with Crippen LogP contribution in [0.2, 0.25) is 0 Å². The van der Waals surface area contributed by atoms with Gasteiger partial charge in [-0.25, -0.2) is 4.79 Å². The molecule has 5 heteroatoms. The average Bonchev–Trinajstić information content (AvgIpc) is 2.77. The number of nitrogens with zero attached hydrogens (tertiary/aromatic N) is 1. The van der Waals surface area contributed by atoms with E-state index in [-0.39, 0.29) is 18.2 Å². The van der Waals surface area contributed by atoms with E-state index in [1.165, 1.54) is 11.5 Å². The number of hydrogen-bond acceptors (Lipinski definition) is 3. The summed E-state index contributed by atoms with van der Waals surface area (Å²) < 4.78 is 6.38. The monoisotopic (exact) mass is 323 g/mol. The first-order valence-corrected chi connectivity index (χ1v) is 7.09. The van der Waals surface area contributed by atoms with Crippen LogP contribution in [0.15, 0.2) is 24.3 Å². The highest BCUT2D eigenvalue weighted by Gasteiger charge is 2.19. The molecule has 0 amide bonds. The first-order chi connectivity index (χ1) is 9.08. The van der Waals surface area contributed by atoms with E-state index >= 15 is 0 Å². The molecular weight excluding hydrogens is 310 g/mol. The quantitative estimate of drug-likeness (QED) is 0.642. The summed E-state index contributed by atoms with van der Waals surface area (Å²) >= 11 is 3.39. The molecule has 2 rings (SSSR count). The number of fused-ring (bicyclic) bond motifs is 1. The lowest BCUT2D eigenvalue weighted by atomic mass is 10.2. The number of benzene rings is 1. The molecule has 0 unspecified atom stereocenters. The van der Waals surface area contributed by atoms with E-state index in [0.717, 1.165) is 21.8 Å². The molecule has 0 aliphatic heterocycles. The van der Waals surface area contributed by atoms with Crippen molar-refractivity contribution in [2.24, 2.45) is 0 Å². The summed E-state index contributed by atoms with van der Waals surface area (Å²) in [5.41, 5.74) is 2.08. The predicted molar refractivity (Wildman–Crippen MR) is 76.8 cm³/mol. The van der Waals surface area contributed by atoms with Crippen LogP contribution in [0, 0.1) is 0 Å². The third kappa shape index (κ3) is 2.56. The molecule has 1 aromatic carbocycles. The molecule has 0 spiro atoms. The molecule has 2 aromatic rings. The average molecular weight is 324 g/mol. The van der Waals surface area contributed by atoms with Gasteiger partial charge in [0.05, 0.1) is 12.1 Å². The fourth-order valence-corrected chi connectivity index (χ4v) is 2.39. The highest BCUT2D eigenvalue weighted by Crippen LogP contribution is 2.23. The van der Waals surface area contributed by atoms with Gasteiger partial charge in [-0.15, -0.1) is 0 Å². The first kappa shape index (κ1) is 13.8. The van der Waals surface area contributed by atoms with E-state index in [2.05, 4.69) is 15.9 Å². The van der Waals surface area contributed by atoms with E-state index < -0.39 is 5.97 Å². The number of halogens is 1. The molecular formula is C14H14BrNO3.